The van der Waals surface area contributed by atoms with E-state index >= 15 is 0 Å². The van der Waals surface area contributed by atoms with Crippen LogP contribution >= 0.6 is 12.4 Å². The lowest BCUT2D eigenvalue weighted by molar-refractivity contribution is 0.101. The third-order valence-electron chi connectivity index (χ3n) is 2.55. The average Bonchev–Trinajstić information content (AvgIpc) is 2.09. The molecule has 4 heteroatoms. The maximum atomic E-state index is 5.49. The summed E-state index contributed by atoms with van der Waals surface area (Å²) in [5.41, 5.74) is 5.49. The highest BCUT2D eigenvalue weighted by molar-refractivity contribution is 5.85. The number of halogens is 1. The summed E-state index contributed by atoms with van der Waals surface area (Å²) in [5.74, 6) is 0.782. The number of ether oxygens (including phenoxy) is 1. The molecule has 0 radical (unpaired) electrons. The minimum atomic E-state index is 0. The van der Waals surface area contributed by atoms with Gasteiger partial charge in [-0.3, -0.25) is 0 Å². The molecule has 0 aromatic rings. The molecular formula is C9H21ClN2O. The molecule has 0 bridgehead atoms. The first-order valence-corrected chi connectivity index (χ1v) is 4.78. The summed E-state index contributed by atoms with van der Waals surface area (Å²) < 4.78 is 5.13. The van der Waals surface area contributed by atoms with E-state index in [1.807, 2.05) is 0 Å². The van der Waals surface area contributed by atoms with Gasteiger partial charge in [0.1, 0.15) is 0 Å². The van der Waals surface area contributed by atoms with Gasteiger partial charge in [0.25, 0.3) is 0 Å². The molecule has 0 amide bonds. The van der Waals surface area contributed by atoms with E-state index < -0.39 is 0 Å². The van der Waals surface area contributed by atoms with E-state index in [9.17, 15) is 0 Å². The van der Waals surface area contributed by atoms with Gasteiger partial charge in [-0.05, 0) is 31.8 Å². The number of piperidine rings is 1. The molecule has 1 aliphatic heterocycles. The van der Waals surface area contributed by atoms with Crippen LogP contribution in [0.15, 0.2) is 0 Å². The van der Waals surface area contributed by atoms with E-state index in [1.54, 1.807) is 7.11 Å². The molecule has 1 fully saturated rings. The Morgan fingerprint density at radius 2 is 2.00 bits per heavy atom. The number of methoxy groups -OCH3 is 1. The second-order valence-corrected chi connectivity index (χ2v) is 3.53. The first kappa shape index (κ1) is 13.2. The topological polar surface area (TPSA) is 38.5 Å². The van der Waals surface area contributed by atoms with Crippen LogP contribution in [0.3, 0.4) is 0 Å². The summed E-state index contributed by atoms with van der Waals surface area (Å²) in [7, 11) is 1.78. The van der Waals surface area contributed by atoms with Crippen molar-refractivity contribution in [2.24, 2.45) is 11.7 Å². The molecule has 0 atom stereocenters. The lowest BCUT2D eigenvalue weighted by Crippen LogP contribution is -2.37. The molecule has 0 aromatic heterocycles. The summed E-state index contributed by atoms with van der Waals surface area (Å²) in [6.45, 7) is 5.17. The Morgan fingerprint density at radius 1 is 1.38 bits per heavy atom. The van der Waals surface area contributed by atoms with E-state index in [-0.39, 0.29) is 12.4 Å². The molecule has 1 heterocycles. The SMILES string of the molecule is COCC1CCN(CCN)CC1.Cl. The van der Waals surface area contributed by atoms with Crippen molar-refractivity contribution in [1.29, 1.82) is 0 Å². The Hall–Kier alpha value is 0.170. The monoisotopic (exact) mass is 208 g/mol. The van der Waals surface area contributed by atoms with Gasteiger partial charge in [0, 0.05) is 26.8 Å². The van der Waals surface area contributed by atoms with Crippen molar-refractivity contribution in [3.8, 4) is 0 Å². The second kappa shape index (κ2) is 7.56. The van der Waals surface area contributed by atoms with E-state index in [1.165, 1.54) is 25.9 Å². The van der Waals surface area contributed by atoms with Crippen LogP contribution in [0.4, 0.5) is 0 Å². The van der Waals surface area contributed by atoms with Crippen molar-refractivity contribution < 1.29 is 4.74 Å². The fourth-order valence-corrected chi connectivity index (χ4v) is 1.79. The summed E-state index contributed by atoms with van der Waals surface area (Å²) in [5, 5.41) is 0. The molecular weight excluding hydrogens is 188 g/mol. The van der Waals surface area contributed by atoms with Crippen LogP contribution in [-0.2, 0) is 4.74 Å². The summed E-state index contributed by atoms with van der Waals surface area (Å²) in [6, 6.07) is 0. The summed E-state index contributed by atoms with van der Waals surface area (Å²) >= 11 is 0. The molecule has 0 spiro atoms. The van der Waals surface area contributed by atoms with Crippen LogP contribution < -0.4 is 5.73 Å². The number of nitrogens with zero attached hydrogens (tertiary/aromatic N) is 1. The Labute approximate surface area is 87.0 Å². The first-order valence-electron chi connectivity index (χ1n) is 4.78. The first-order chi connectivity index (χ1) is 5.86. The van der Waals surface area contributed by atoms with Gasteiger partial charge in [0.05, 0.1) is 0 Å². The van der Waals surface area contributed by atoms with Crippen LogP contribution in [0.2, 0.25) is 0 Å². The van der Waals surface area contributed by atoms with Crippen LogP contribution in [0.25, 0.3) is 0 Å². The van der Waals surface area contributed by atoms with Crippen molar-refractivity contribution in [1.82, 2.24) is 4.90 Å². The van der Waals surface area contributed by atoms with Gasteiger partial charge >= 0.3 is 0 Å². The van der Waals surface area contributed by atoms with E-state index in [2.05, 4.69) is 4.90 Å². The fraction of sp³-hybridized carbons (Fsp3) is 1.00. The van der Waals surface area contributed by atoms with Crippen molar-refractivity contribution in [2.45, 2.75) is 12.8 Å². The number of rotatable bonds is 4. The summed E-state index contributed by atoms with van der Waals surface area (Å²) in [6.07, 6.45) is 2.54. The minimum Gasteiger partial charge on any atom is -0.384 e. The largest absolute Gasteiger partial charge is 0.384 e. The molecule has 1 rings (SSSR count). The Balaban J connectivity index is 0.00000144. The quantitative estimate of drug-likeness (QED) is 0.740. The van der Waals surface area contributed by atoms with Gasteiger partial charge in [-0.15, -0.1) is 12.4 Å². The van der Waals surface area contributed by atoms with Crippen molar-refractivity contribution in [3.63, 3.8) is 0 Å². The predicted octanol–water partition coefficient (Wildman–Crippen LogP) is 0.725. The fourth-order valence-electron chi connectivity index (χ4n) is 1.79. The Bertz CT molecular complexity index is 102. The zero-order valence-corrected chi connectivity index (χ0v) is 9.18. The molecule has 1 saturated heterocycles. The second-order valence-electron chi connectivity index (χ2n) is 3.53. The summed E-state index contributed by atoms with van der Waals surface area (Å²) in [4.78, 5) is 2.44. The van der Waals surface area contributed by atoms with Gasteiger partial charge in [-0.1, -0.05) is 0 Å². The molecule has 13 heavy (non-hydrogen) atoms. The average molecular weight is 209 g/mol. The van der Waals surface area contributed by atoms with Crippen molar-refractivity contribution in [2.75, 3.05) is 39.9 Å². The number of nitrogens with two attached hydrogens (primary N) is 1. The molecule has 3 nitrogen and oxygen atoms in total. The zero-order valence-electron chi connectivity index (χ0n) is 8.37. The molecule has 0 aliphatic carbocycles. The Morgan fingerprint density at radius 3 is 2.46 bits per heavy atom. The number of hydrogen-bond acceptors (Lipinski definition) is 3. The smallest absolute Gasteiger partial charge is 0.0491 e. The van der Waals surface area contributed by atoms with Gasteiger partial charge < -0.3 is 15.4 Å². The highest BCUT2D eigenvalue weighted by Crippen LogP contribution is 2.16. The maximum Gasteiger partial charge on any atom is 0.0491 e. The molecule has 0 unspecified atom stereocenters. The molecule has 1 aliphatic rings. The highest BCUT2D eigenvalue weighted by Gasteiger charge is 2.17. The van der Waals surface area contributed by atoms with Crippen molar-refractivity contribution >= 4 is 12.4 Å². The normalized spacial score (nSPS) is 19.8. The Kier molecular flexibility index (Phi) is 7.66. The van der Waals surface area contributed by atoms with E-state index in [0.717, 1.165) is 25.6 Å². The van der Waals surface area contributed by atoms with E-state index in [4.69, 9.17) is 10.5 Å². The van der Waals surface area contributed by atoms with Gasteiger partial charge in [-0.2, -0.15) is 0 Å². The predicted molar refractivity (Wildman–Crippen MR) is 57.3 cm³/mol. The van der Waals surface area contributed by atoms with Crippen LogP contribution in [-0.4, -0.2) is 44.8 Å². The third kappa shape index (κ3) is 4.81. The van der Waals surface area contributed by atoms with Gasteiger partial charge in [0.15, 0.2) is 0 Å². The standard InChI is InChI=1S/C9H20N2O.ClH/c1-12-8-9-2-5-11(6-3-9)7-4-10;/h9H,2-8,10H2,1H3;1H. The number of hydrogen-bond donors (Lipinski definition) is 1. The molecule has 80 valence electrons. The van der Waals surface area contributed by atoms with Crippen LogP contribution in [0, 0.1) is 5.92 Å². The molecule has 0 aromatic carbocycles. The molecule has 0 saturated carbocycles. The lowest BCUT2D eigenvalue weighted by atomic mass is 9.98. The third-order valence-corrected chi connectivity index (χ3v) is 2.55. The van der Waals surface area contributed by atoms with Crippen molar-refractivity contribution in [3.05, 3.63) is 0 Å². The van der Waals surface area contributed by atoms with Gasteiger partial charge in [0.2, 0.25) is 0 Å². The lowest BCUT2D eigenvalue weighted by Gasteiger charge is -2.31. The van der Waals surface area contributed by atoms with Crippen LogP contribution in [0.1, 0.15) is 12.8 Å². The zero-order chi connectivity index (χ0) is 8.81. The number of likely N-dealkylation sites (tertiary alicyclic amines) is 1. The highest BCUT2D eigenvalue weighted by atomic mass is 35.5. The van der Waals surface area contributed by atoms with Gasteiger partial charge in [-0.25, -0.2) is 0 Å². The maximum absolute atomic E-state index is 5.49. The minimum absolute atomic E-state index is 0. The molecule has 2 N–H and O–H groups in total. The van der Waals surface area contributed by atoms with Crippen LogP contribution in [0.5, 0.6) is 0 Å². The van der Waals surface area contributed by atoms with E-state index in [0.29, 0.717) is 0 Å².